The summed E-state index contributed by atoms with van der Waals surface area (Å²) in [5.74, 6) is 0. The van der Waals surface area contributed by atoms with E-state index in [-0.39, 0.29) is 13.0 Å². The number of hydrogen-bond acceptors (Lipinski definition) is 1. The summed E-state index contributed by atoms with van der Waals surface area (Å²) in [7, 11) is 0. The molecule has 0 aliphatic carbocycles. The molecule has 0 aliphatic heterocycles. The second kappa shape index (κ2) is 3.61. The molecule has 2 N–H and O–H groups in total. The summed E-state index contributed by atoms with van der Waals surface area (Å²) in [6, 6.07) is 0. The summed E-state index contributed by atoms with van der Waals surface area (Å²) in [6.07, 6.45) is -2.81. The van der Waals surface area contributed by atoms with Crippen LogP contribution >= 0.6 is 0 Å². The average Bonchev–Trinajstić information content (AvgIpc) is 1.80. The molecular weight excluding hydrogens is 143 g/mol. The Balaban J connectivity index is 3.93. The summed E-state index contributed by atoms with van der Waals surface area (Å²) in [5, 5.41) is 0. The van der Waals surface area contributed by atoms with Crippen molar-refractivity contribution in [3.8, 4) is 0 Å². The molecule has 0 rings (SSSR count). The molecule has 60 valence electrons. The molecule has 0 fully saturated rings. The lowest BCUT2D eigenvalue weighted by atomic mass is 10.2. The number of hydrogen-bond donors (Lipinski definition) is 1. The fraction of sp³-hybridized carbons (Fsp3) is 0.667. The highest BCUT2D eigenvalue weighted by molar-refractivity contribution is 5.04. The Bertz CT molecular complexity index is 125. The average molecular weight is 153 g/mol. The lowest BCUT2D eigenvalue weighted by Crippen LogP contribution is -2.09. The topological polar surface area (TPSA) is 26.0 Å². The van der Waals surface area contributed by atoms with E-state index in [0.717, 1.165) is 13.0 Å². The molecule has 0 radical (unpaired) electrons. The molecule has 0 aromatic carbocycles. The predicted octanol–water partition coefficient (Wildman–Crippen LogP) is 1.84. The predicted molar refractivity (Wildman–Crippen MR) is 33.5 cm³/mol. The van der Waals surface area contributed by atoms with Gasteiger partial charge in [-0.3, -0.25) is 0 Å². The first-order valence-corrected chi connectivity index (χ1v) is 2.92. The van der Waals surface area contributed by atoms with Crippen molar-refractivity contribution in [2.45, 2.75) is 19.5 Å². The molecule has 0 bridgehead atoms. The molecule has 10 heavy (non-hydrogen) atoms. The van der Waals surface area contributed by atoms with Crippen molar-refractivity contribution in [3.63, 3.8) is 0 Å². The zero-order valence-electron chi connectivity index (χ0n) is 5.70. The lowest BCUT2D eigenvalue weighted by Gasteiger charge is -2.04. The van der Waals surface area contributed by atoms with Gasteiger partial charge in [0.05, 0.1) is 0 Å². The minimum absolute atomic E-state index is 0.257. The Morgan fingerprint density at radius 1 is 1.50 bits per heavy atom. The zero-order chi connectivity index (χ0) is 8.20. The quantitative estimate of drug-likeness (QED) is 0.602. The Morgan fingerprint density at radius 2 is 2.00 bits per heavy atom. The smallest absolute Gasteiger partial charge is 0.330 e. The van der Waals surface area contributed by atoms with Crippen LogP contribution < -0.4 is 5.73 Å². The first-order chi connectivity index (χ1) is 4.48. The van der Waals surface area contributed by atoms with E-state index in [1.807, 2.05) is 0 Å². The van der Waals surface area contributed by atoms with Gasteiger partial charge >= 0.3 is 6.18 Å². The van der Waals surface area contributed by atoms with Crippen LogP contribution in [0.25, 0.3) is 0 Å². The van der Waals surface area contributed by atoms with E-state index in [9.17, 15) is 13.2 Å². The van der Waals surface area contributed by atoms with Crippen LogP contribution in [0.2, 0.25) is 0 Å². The van der Waals surface area contributed by atoms with Gasteiger partial charge in [-0.2, -0.15) is 13.2 Å². The maximum Gasteiger partial charge on any atom is 0.412 e. The van der Waals surface area contributed by atoms with Crippen LogP contribution in [0.15, 0.2) is 11.6 Å². The van der Waals surface area contributed by atoms with Gasteiger partial charge in [0.25, 0.3) is 0 Å². The van der Waals surface area contributed by atoms with Gasteiger partial charge < -0.3 is 5.73 Å². The molecular formula is C6H10F3N. The maximum atomic E-state index is 11.7. The van der Waals surface area contributed by atoms with Crippen LogP contribution in [-0.2, 0) is 0 Å². The second-order valence-corrected chi connectivity index (χ2v) is 1.96. The molecule has 1 nitrogen and oxygen atoms in total. The van der Waals surface area contributed by atoms with Crippen molar-refractivity contribution in [3.05, 3.63) is 11.6 Å². The molecule has 4 heteroatoms. The molecule has 0 atom stereocenters. The van der Waals surface area contributed by atoms with Crippen LogP contribution in [-0.4, -0.2) is 12.7 Å². The van der Waals surface area contributed by atoms with E-state index in [4.69, 9.17) is 5.73 Å². The third-order valence-corrected chi connectivity index (χ3v) is 1.06. The van der Waals surface area contributed by atoms with E-state index in [0.29, 0.717) is 0 Å². The molecule has 0 amide bonds. The van der Waals surface area contributed by atoms with Gasteiger partial charge in [-0.25, -0.2) is 0 Å². The largest absolute Gasteiger partial charge is 0.412 e. The zero-order valence-corrected chi connectivity index (χ0v) is 5.70. The second-order valence-electron chi connectivity index (χ2n) is 1.96. The number of halogens is 3. The molecule has 0 aliphatic rings. The summed E-state index contributed by atoms with van der Waals surface area (Å²) in [4.78, 5) is 0. The van der Waals surface area contributed by atoms with Gasteiger partial charge in [0.15, 0.2) is 0 Å². The molecule has 0 unspecified atom stereocenters. The van der Waals surface area contributed by atoms with E-state index in [1.54, 1.807) is 0 Å². The van der Waals surface area contributed by atoms with Gasteiger partial charge in [-0.15, -0.1) is 0 Å². The molecule has 0 spiro atoms. The third-order valence-electron chi connectivity index (χ3n) is 1.06. The first-order valence-electron chi connectivity index (χ1n) is 2.92. The molecule has 0 heterocycles. The molecule has 0 aromatic rings. The maximum absolute atomic E-state index is 11.7. The Hall–Kier alpha value is -0.510. The minimum atomic E-state index is -4.19. The van der Waals surface area contributed by atoms with Gasteiger partial charge in [0, 0.05) is 5.57 Å². The SMILES string of the molecule is CC(=CCCN)C(F)(F)F. The van der Waals surface area contributed by atoms with Crippen molar-refractivity contribution in [1.82, 2.24) is 0 Å². The fourth-order valence-electron chi connectivity index (χ4n) is 0.416. The Labute approximate surface area is 57.7 Å². The summed E-state index contributed by atoms with van der Waals surface area (Å²) >= 11 is 0. The Morgan fingerprint density at radius 3 is 2.30 bits per heavy atom. The van der Waals surface area contributed by atoms with Gasteiger partial charge in [0.1, 0.15) is 0 Å². The normalized spacial score (nSPS) is 13.9. The van der Waals surface area contributed by atoms with E-state index >= 15 is 0 Å². The summed E-state index contributed by atoms with van der Waals surface area (Å²) in [5.41, 5.74) is 4.44. The fourth-order valence-corrected chi connectivity index (χ4v) is 0.416. The van der Waals surface area contributed by atoms with Gasteiger partial charge in [-0.05, 0) is 19.9 Å². The Kier molecular flexibility index (Phi) is 3.42. The summed E-state index contributed by atoms with van der Waals surface area (Å²) < 4.78 is 35.0. The molecule has 0 saturated carbocycles. The monoisotopic (exact) mass is 153 g/mol. The van der Waals surface area contributed by atoms with Gasteiger partial charge in [-0.1, -0.05) is 6.08 Å². The third kappa shape index (κ3) is 3.50. The highest BCUT2D eigenvalue weighted by Crippen LogP contribution is 2.24. The lowest BCUT2D eigenvalue weighted by molar-refractivity contribution is -0.0915. The van der Waals surface area contributed by atoms with E-state index in [1.165, 1.54) is 0 Å². The van der Waals surface area contributed by atoms with Crippen molar-refractivity contribution >= 4 is 0 Å². The molecule has 0 saturated heterocycles. The van der Waals surface area contributed by atoms with Crippen LogP contribution in [0, 0.1) is 0 Å². The van der Waals surface area contributed by atoms with Crippen LogP contribution in [0.1, 0.15) is 13.3 Å². The number of nitrogens with two attached hydrogens (primary N) is 1. The minimum Gasteiger partial charge on any atom is -0.330 e. The van der Waals surface area contributed by atoms with E-state index < -0.39 is 11.7 Å². The number of rotatable bonds is 2. The van der Waals surface area contributed by atoms with Crippen LogP contribution in [0.4, 0.5) is 13.2 Å². The highest BCUT2D eigenvalue weighted by Gasteiger charge is 2.29. The van der Waals surface area contributed by atoms with Crippen molar-refractivity contribution in [2.75, 3.05) is 6.54 Å². The highest BCUT2D eigenvalue weighted by atomic mass is 19.4. The standard InChI is InChI=1S/C6H10F3N/c1-5(3-2-4-10)6(7,8)9/h3H,2,4,10H2,1H3. The molecule has 0 aromatic heterocycles. The summed E-state index contributed by atoms with van der Waals surface area (Å²) in [6.45, 7) is 1.29. The number of alkyl halides is 3. The van der Waals surface area contributed by atoms with Crippen molar-refractivity contribution in [1.29, 1.82) is 0 Å². The van der Waals surface area contributed by atoms with Gasteiger partial charge in [0.2, 0.25) is 0 Å². The number of allylic oxidation sites excluding steroid dienone is 1. The van der Waals surface area contributed by atoms with E-state index in [2.05, 4.69) is 0 Å². The van der Waals surface area contributed by atoms with Crippen LogP contribution in [0.5, 0.6) is 0 Å². The first kappa shape index (κ1) is 9.49. The van der Waals surface area contributed by atoms with Crippen molar-refractivity contribution in [2.24, 2.45) is 5.73 Å². The van der Waals surface area contributed by atoms with Crippen molar-refractivity contribution < 1.29 is 13.2 Å². The van der Waals surface area contributed by atoms with Crippen LogP contribution in [0.3, 0.4) is 0 Å².